The summed E-state index contributed by atoms with van der Waals surface area (Å²) in [6.07, 6.45) is 11.2. The minimum atomic E-state index is 0.403. The molecule has 0 spiro atoms. The number of likely N-dealkylation sites (N-methyl/N-ethyl adjacent to an activating group) is 1. The summed E-state index contributed by atoms with van der Waals surface area (Å²) in [6, 6.07) is 0. The molecule has 0 aromatic rings. The third kappa shape index (κ3) is 3.16. The second-order valence-corrected chi connectivity index (χ2v) is 8.63. The highest BCUT2D eigenvalue weighted by Crippen LogP contribution is 2.61. The quantitative estimate of drug-likeness (QED) is 0.842. The summed E-state index contributed by atoms with van der Waals surface area (Å²) in [5.74, 6) is 3.27. The van der Waals surface area contributed by atoms with Crippen LogP contribution in [0.5, 0.6) is 0 Å². The molecule has 0 aromatic heterocycles. The highest BCUT2D eigenvalue weighted by molar-refractivity contribution is 5.01. The van der Waals surface area contributed by atoms with Gasteiger partial charge in [-0.2, -0.15) is 0 Å². The van der Waals surface area contributed by atoms with Crippen molar-refractivity contribution in [3.8, 4) is 0 Å². The van der Waals surface area contributed by atoms with Gasteiger partial charge in [-0.05, 0) is 81.7 Å². The Morgan fingerprint density at radius 3 is 2.33 bits per heavy atom. The van der Waals surface area contributed by atoms with E-state index >= 15 is 0 Å². The molecule has 0 radical (unpaired) electrons. The van der Waals surface area contributed by atoms with E-state index in [1.807, 2.05) is 0 Å². The SMILES string of the molecule is CN(CCC12CC3CC(CC(C3)C1)C2)CC1CNCCO1. The van der Waals surface area contributed by atoms with Gasteiger partial charge in [0.05, 0.1) is 12.7 Å². The van der Waals surface area contributed by atoms with Crippen molar-refractivity contribution in [1.82, 2.24) is 10.2 Å². The Bertz CT molecular complexity index is 329. The molecule has 5 rings (SSSR count). The molecule has 0 aromatic carbocycles. The third-order valence-corrected chi connectivity index (χ3v) is 6.71. The second kappa shape index (κ2) is 5.82. The molecule has 1 heterocycles. The molecule has 5 aliphatic rings. The Labute approximate surface area is 129 Å². The average molecular weight is 292 g/mol. The van der Waals surface area contributed by atoms with Crippen LogP contribution in [0.3, 0.4) is 0 Å². The zero-order chi connectivity index (χ0) is 14.3. The first-order chi connectivity index (χ1) is 10.2. The third-order valence-electron chi connectivity index (χ3n) is 6.71. The fourth-order valence-corrected chi connectivity index (χ4v) is 6.20. The van der Waals surface area contributed by atoms with Gasteiger partial charge < -0.3 is 15.0 Å². The normalized spacial score (nSPS) is 45.4. The van der Waals surface area contributed by atoms with Gasteiger partial charge in [0.1, 0.15) is 0 Å². The Kier molecular flexibility index (Phi) is 4.01. The van der Waals surface area contributed by atoms with Gasteiger partial charge in [-0.3, -0.25) is 0 Å². The van der Waals surface area contributed by atoms with Gasteiger partial charge in [-0.25, -0.2) is 0 Å². The van der Waals surface area contributed by atoms with Crippen LogP contribution in [0.1, 0.15) is 44.9 Å². The van der Waals surface area contributed by atoms with Crippen LogP contribution in [0.15, 0.2) is 0 Å². The Morgan fingerprint density at radius 2 is 1.76 bits per heavy atom. The van der Waals surface area contributed by atoms with E-state index in [0.29, 0.717) is 6.10 Å². The van der Waals surface area contributed by atoms with Crippen LogP contribution in [0.4, 0.5) is 0 Å². The highest BCUT2D eigenvalue weighted by Gasteiger charge is 2.50. The van der Waals surface area contributed by atoms with E-state index < -0.39 is 0 Å². The van der Waals surface area contributed by atoms with E-state index in [9.17, 15) is 0 Å². The van der Waals surface area contributed by atoms with Gasteiger partial charge in [-0.1, -0.05) is 0 Å². The van der Waals surface area contributed by atoms with Gasteiger partial charge in [0.2, 0.25) is 0 Å². The van der Waals surface area contributed by atoms with Crippen LogP contribution in [-0.2, 0) is 4.74 Å². The lowest BCUT2D eigenvalue weighted by Gasteiger charge is -2.57. The second-order valence-electron chi connectivity index (χ2n) is 8.63. The maximum Gasteiger partial charge on any atom is 0.0826 e. The first-order valence-electron chi connectivity index (χ1n) is 9.22. The molecular formula is C18H32N2O. The zero-order valence-electron chi connectivity index (χ0n) is 13.7. The summed E-state index contributed by atoms with van der Waals surface area (Å²) < 4.78 is 5.84. The van der Waals surface area contributed by atoms with Crippen molar-refractivity contribution in [3.05, 3.63) is 0 Å². The molecule has 21 heavy (non-hydrogen) atoms. The molecule has 0 amide bonds. The van der Waals surface area contributed by atoms with Crippen molar-refractivity contribution in [2.75, 3.05) is 39.8 Å². The summed E-state index contributed by atoms with van der Waals surface area (Å²) >= 11 is 0. The number of hydrogen-bond acceptors (Lipinski definition) is 3. The number of nitrogens with zero attached hydrogens (tertiary/aromatic N) is 1. The summed E-state index contributed by atoms with van der Waals surface area (Å²) in [4.78, 5) is 2.52. The maximum absolute atomic E-state index is 5.84. The molecule has 3 nitrogen and oxygen atoms in total. The summed E-state index contributed by atoms with van der Waals surface area (Å²) in [7, 11) is 2.29. The van der Waals surface area contributed by atoms with E-state index in [2.05, 4.69) is 17.3 Å². The first kappa shape index (κ1) is 14.5. The summed E-state index contributed by atoms with van der Waals surface area (Å²) in [5.41, 5.74) is 0.731. The monoisotopic (exact) mass is 292 g/mol. The van der Waals surface area contributed by atoms with Gasteiger partial charge in [0.15, 0.2) is 0 Å². The average Bonchev–Trinajstić information content (AvgIpc) is 2.45. The van der Waals surface area contributed by atoms with Gasteiger partial charge in [0.25, 0.3) is 0 Å². The molecule has 1 unspecified atom stereocenters. The summed E-state index contributed by atoms with van der Waals surface area (Å²) in [5, 5.41) is 3.44. The molecule has 4 aliphatic carbocycles. The van der Waals surface area contributed by atoms with Gasteiger partial charge >= 0.3 is 0 Å². The largest absolute Gasteiger partial charge is 0.374 e. The van der Waals surface area contributed by atoms with Crippen molar-refractivity contribution in [2.24, 2.45) is 23.2 Å². The number of hydrogen-bond donors (Lipinski definition) is 1. The van der Waals surface area contributed by atoms with Crippen molar-refractivity contribution >= 4 is 0 Å². The van der Waals surface area contributed by atoms with E-state index in [1.54, 1.807) is 38.5 Å². The predicted molar refractivity (Wildman–Crippen MR) is 85.3 cm³/mol. The predicted octanol–water partition coefficient (Wildman–Crippen LogP) is 2.51. The van der Waals surface area contributed by atoms with E-state index in [1.165, 1.54) is 13.0 Å². The minimum absolute atomic E-state index is 0.403. The lowest BCUT2D eigenvalue weighted by Crippen LogP contribution is -2.48. The first-order valence-corrected chi connectivity index (χ1v) is 9.22. The van der Waals surface area contributed by atoms with Crippen LogP contribution in [0.25, 0.3) is 0 Å². The standard InChI is InChI=1S/C18H32N2O/c1-20(13-17-12-19-3-5-21-17)4-2-18-9-14-6-15(10-18)8-16(7-14)11-18/h14-17,19H,2-13H2,1H3. The lowest BCUT2D eigenvalue weighted by molar-refractivity contribution is -0.0624. The number of nitrogens with one attached hydrogen (secondary N) is 1. The van der Waals surface area contributed by atoms with Crippen molar-refractivity contribution in [3.63, 3.8) is 0 Å². The molecule has 5 fully saturated rings. The molecule has 1 aliphatic heterocycles. The minimum Gasteiger partial charge on any atom is -0.374 e. The van der Waals surface area contributed by atoms with E-state index in [0.717, 1.165) is 49.4 Å². The number of morpholine rings is 1. The zero-order valence-corrected chi connectivity index (χ0v) is 13.7. The topological polar surface area (TPSA) is 24.5 Å². The molecule has 4 bridgehead atoms. The van der Waals surface area contributed by atoms with Crippen molar-refractivity contribution < 1.29 is 4.74 Å². The summed E-state index contributed by atoms with van der Waals surface area (Å²) in [6.45, 7) is 5.30. The van der Waals surface area contributed by atoms with Gasteiger partial charge in [-0.15, -0.1) is 0 Å². The van der Waals surface area contributed by atoms with Crippen molar-refractivity contribution in [2.45, 2.75) is 51.0 Å². The van der Waals surface area contributed by atoms with E-state index in [4.69, 9.17) is 4.74 Å². The molecule has 1 saturated heterocycles. The van der Waals surface area contributed by atoms with Crippen LogP contribution in [0, 0.1) is 23.2 Å². The molecule has 3 heteroatoms. The van der Waals surface area contributed by atoms with Crippen LogP contribution in [0.2, 0.25) is 0 Å². The Hall–Kier alpha value is -0.120. The van der Waals surface area contributed by atoms with E-state index in [-0.39, 0.29) is 0 Å². The maximum atomic E-state index is 5.84. The smallest absolute Gasteiger partial charge is 0.0826 e. The molecule has 1 N–H and O–H groups in total. The van der Waals surface area contributed by atoms with Crippen LogP contribution < -0.4 is 5.32 Å². The molecule has 4 saturated carbocycles. The Balaban J connectivity index is 1.28. The van der Waals surface area contributed by atoms with Crippen molar-refractivity contribution in [1.29, 1.82) is 0 Å². The fourth-order valence-electron chi connectivity index (χ4n) is 6.20. The fraction of sp³-hybridized carbons (Fsp3) is 1.00. The molecule has 120 valence electrons. The highest BCUT2D eigenvalue weighted by atomic mass is 16.5. The van der Waals surface area contributed by atoms with Crippen LogP contribution in [-0.4, -0.2) is 50.8 Å². The Morgan fingerprint density at radius 1 is 1.10 bits per heavy atom. The number of ether oxygens (including phenoxy) is 1. The molecule has 1 atom stereocenters. The lowest BCUT2D eigenvalue weighted by atomic mass is 9.49. The number of rotatable bonds is 5. The van der Waals surface area contributed by atoms with Crippen LogP contribution >= 0.6 is 0 Å². The van der Waals surface area contributed by atoms with Gasteiger partial charge in [0, 0.05) is 19.6 Å². The molecular weight excluding hydrogens is 260 g/mol.